The van der Waals surface area contributed by atoms with E-state index in [1.165, 1.54) is 7.06 Å². The van der Waals surface area contributed by atoms with Crippen LogP contribution in [0.1, 0.15) is 0 Å². The zero-order valence-corrected chi connectivity index (χ0v) is 23.3. The average molecular weight is 442 g/mol. The second-order valence-electron chi connectivity index (χ2n) is 10.2. The quantitative estimate of drug-likeness (QED) is 0.146. The number of hydrogen-bond acceptors (Lipinski definition) is 0. The predicted octanol–water partition coefficient (Wildman–Crippen LogP) is -13.6. The molecule has 0 atom stereocenters. The fourth-order valence-electron chi connectivity index (χ4n) is 5.52. The molecule has 0 saturated heterocycles. The minimum absolute atomic E-state index is 0.917. The Morgan fingerprint density at radius 3 is 0.641 bits per heavy atom. The van der Waals surface area contributed by atoms with Crippen molar-refractivity contribution < 1.29 is 0 Å². The van der Waals surface area contributed by atoms with Gasteiger partial charge in [-0.15, -0.1) is 0 Å². The molecule has 0 aliphatic carbocycles. The molecule has 41 radical (unpaired) electrons. The highest BCUT2D eigenvalue weighted by Crippen LogP contribution is 2.49. The van der Waals surface area contributed by atoms with Gasteiger partial charge in [0.25, 0.3) is 0 Å². The second-order valence-corrected chi connectivity index (χ2v) is 12.9. The fourth-order valence-corrected chi connectivity index (χ4v) is 10.8. The Morgan fingerprint density at radius 1 is 0.308 bits per heavy atom. The summed E-state index contributed by atoms with van der Waals surface area (Å²) in [6.45, 7) is 0. The largest absolute Gasteiger partial charge is 0.253 e. The van der Waals surface area contributed by atoms with Gasteiger partial charge < -0.3 is 0 Å². The Labute approximate surface area is 275 Å². The van der Waals surface area contributed by atoms with Crippen LogP contribution in [0.3, 0.4) is 0 Å². The van der Waals surface area contributed by atoms with Gasteiger partial charge in [-0.05, 0) is 0 Å². The SMILES string of the molecule is [B][B]B([B])B(B([B])[B])P(B(B(B([B])[B])B([B])[B])B(B([B])[B])B([B])[B])B(B(B([B])[B])B([B])[B])B(B([B])[B])B([B])[B]. The molecule has 0 saturated carbocycles. The van der Waals surface area contributed by atoms with Gasteiger partial charge in [-0.3, -0.25) is 7.56 Å². The van der Waals surface area contributed by atoms with Gasteiger partial charge in [-0.2, -0.15) is 0 Å². The lowest BCUT2D eigenvalue weighted by molar-refractivity contribution is 3.33. The number of hydrogen-bond donors (Lipinski definition) is 0. The number of rotatable bonds is 18. The minimum Gasteiger partial charge on any atom is -0.253 e. The van der Waals surface area contributed by atoms with Gasteiger partial charge in [0.2, 0.25) is 0 Å². The maximum atomic E-state index is 6.48. The molecule has 0 fully saturated rings. The van der Waals surface area contributed by atoms with E-state index in [9.17, 15) is 0 Å². The second kappa shape index (κ2) is 19.4. The van der Waals surface area contributed by atoms with Crippen LogP contribution in [0.25, 0.3) is 0 Å². The van der Waals surface area contributed by atoms with Crippen LogP contribution < -0.4 is 0 Å². The summed E-state index contributed by atoms with van der Waals surface area (Å²) in [5.74, 6) is 0. The fraction of sp³-hybridized carbons (Fsp3) is 0. The Hall–Kier alpha value is 2.90. The van der Waals surface area contributed by atoms with Gasteiger partial charge in [0, 0.05) is 251 Å². The summed E-state index contributed by atoms with van der Waals surface area (Å²) in [7, 11) is 124. The van der Waals surface area contributed by atoms with Gasteiger partial charge >= 0.3 is 0 Å². The molecular weight excluding hydrogens is 442 g/mol. The molecule has 0 unspecified atom stereocenters. The lowest BCUT2D eigenvalue weighted by Gasteiger charge is -2.56. The third kappa shape index (κ3) is 11.6. The topological polar surface area (TPSA) is 0 Å². The molecular formula is B38P. The van der Waals surface area contributed by atoms with Crippen LogP contribution in [0.5, 0.6) is 0 Å². The van der Waals surface area contributed by atoms with Crippen molar-refractivity contribution in [3.05, 3.63) is 0 Å². The zero-order chi connectivity index (χ0) is 31.1. The van der Waals surface area contributed by atoms with Gasteiger partial charge in [0.15, 0.2) is 0 Å². The highest BCUT2D eigenvalue weighted by molar-refractivity contribution is 8.60. The molecule has 0 heterocycles. The molecule has 0 aromatic heterocycles. The normalized spacial score (nSPS) is 9.77. The van der Waals surface area contributed by atoms with Crippen LogP contribution >= 0.6 is 7.56 Å². The standard InChI is InChI=1S/B38P/c1-21-31(20)36(30(18)19)39(37(32(22(2)3)23(4)5)33(24(6)7)25(8)9)38(34(26(10)11)27(12)13)35(28(14)15)29(16)17. The molecule has 0 rings (SSSR count). The van der Waals surface area contributed by atoms with E-state index in [4.69, 9.17) is 155 Å². The maximum absolute atomic E-state index is 6.48. The Bertz CT molecular complexity index is 509. The van der Waals surface area contributed by atoms with E-state index in [-0.39, 0.29) is 0 Å². The maximum Gasteiger partial charge on any atom is 0.0527 e. The third-order valence-electron chi connectivity index (χ3n) is 7.18. The highest BCUT2D eigenvalue weighted by Gasteiger charge is 2.55. The minimum atomic E-state index is -2.02. The summed E-state index contributed by atoms with van der Waals surface area (Å²) < 4.78 is 0. The summed E-state index contributed by atoms with van der Waals surface area (Å²) in [5.41, 5.74) is 0. The Morgan fingerprint density at radius 2 is 0.513 bits per heavy atom. The molecule has 0 amide bonds. The molecule has 0 aliphatic heterocycles. The van der Waals surface area contributed by atoms with Crippen molar-refractivity contribution in [1.29, 1.82) is 0 Å². The molecule has 39 heavy (non-hydrogen) atoms. The van der Waals surface area contributed by atoms with E-state index in [0.717, 1.165) is 0 Å². The van der Waals surface area contributed by atoms with Crippen LogP contribution in [0.2, 0.25) is 0 Å². The van der Waals surface area contributed by atoms with Gasteiger partial charge in [-0.1, -0.05) is 0 Å². The molecule has 0 spiro atoms. The van der Waals surface area contributed by atoms with Crippen molar-refractivity contribution in [2.24, 2.45) is 0 Å². The molecule has 39 heteroatoms. The van der Waals surface area contributed by atoms with Crippen LogP contribution in [-0.2, 0) is 0 Å². The summed E-state index contributed by atoms with van der Waals surface area (Å²) in [5, 5.41) is 0. The molecule has 0 aromatic rings. The first kappa shape index (κ1) is 41.9. The predicted molar refractivity (Wildman–Crippen MR) is 226 cm³/mol. The Kier molecular flexibility index (Phi) is 20.9. The highest BCUT2D eigenvalue weighted by atomic mass is 31.1. The van der Waals surface area contributed by atoms with Crippen molar-refractivity contribution in [3.63, 3.8) is 0 Å². The Balaban J connectivity index is 8.23. The molecule has 0 N–H and O–H groups in total. The lowest BCUT2D eigenvalue weighted by atomic mass is 8.51. The first-order chi connectivity index (χ1) is 17.8. The summed E-state index contributed by atoms with van der Waals surface area (Å²) in [4.78, 5) is 0. The zero-order valence-electron chi connectivity index (χ0n) is 22.4. The van der Waals surface area contributed by atoms with Crippen molar-refractivity contribution in [3.8, 4) is 0 Å². The van der Waals surface area contributed by atoms with E-state index in [1.807, 2.05) is 0 Å². The van der Waals surface area contributed by atoms with E-state index in [0.29, 0.717) is 0 Å². The van der Waals surface area contributed by atoms with Crippen molar-refractivity contribution in [2.75, 3.05) is 0 Å². The van der Waals surface area contributed by atoms with Crippen LogP contribution in [0, 0.1) is 0 Å². The third-order valence-corrected chi connectivity index (χ3v) is 11.3. The van der Waals surface area contributed by atoms with Gasteiger partial charge in [0.1, 0.15) is 0 Å². The lowest BCUT2D eigenvalue weighted by Crippen LogP contribution is -2.80. The van der Waals surface area contributed by atoms with E-state index in [1.54, 1.807) is 0 Å². The van der Waals surface area contributed by atoms with E-state index < -0.39 is 116 Å². The smallest absolute Gasteiger partial charge is 0.0527 e. The summed E-state index contributed by atoms with van der Waals surface area (Å²) in [6.07, 6.45) is -18.2. The van der Waals surface area contributed by atoms with Crippen molar-refractivity contribution >= 4 is 277 Å². The van der Waals surface area contributed by atoms with E-state index in [2.05, 4.69) is 0 Å². The molecule has 0 nitrogen and oxygen atoms in total. The first-order valence-electron chi connectivity index (χ1n) is 12.4. The first-order valence-corrected chi connectivity index (χ1v) is 14.0. The molecule has 0 bridgehead atoms. The molecule has 119 valence electrons. The van der Waals surface area contributed by atoms with Gasteiger partial charge in [-0.25, -0.2) is 0 Å². The van der Waals surface area contributed by atoms with Crippen molar-refractivity contribution in [2.45, 2.75) is 0 Å². The van der Waals surface area contributed by atoms with Crippen LogP contribution in [0.15, 0.2) is 0 Å². The molecule has 0 aromatic carbocycles. The molecule has 0 aliphatic rings. The van der Waals surface area contributed by atoms with Crippen LogP contribution in [-0.4, -0.2) is 270 Å². The monoisotopic (exact) mass is 449 g/mol. The van der Waals surface area contributed by atoms with Gasteiger partial charge in [0.05, 0.1) is 18.6 Å². The van der Waals surface area contributed by atoms with Crippen molar-refractivity contribution in [1.82, 2.24) is 0 Å². The van der Waals surface area contributed by atoms with Crippen LogP contribution in [0.4, 0.5) is 0 Å². The average Bonchev–Trinajstić information content (AvgIpc) is 2.73. The van der Waals surface area contributed by atoms with E-state index >= 15 is 0 Å². The summed E-state index contributed by atoms with van der Waals surface area (Å²) in [6, 6.07) is 0. The summed E-state index contributed by atoms with van der Waals surface area (Å²) >= 11 is 0.